The van der Waals surface area contributed by atoms with E-state index in [0.29, 0.717) is 5.06 Å². The summed E-state index contributed by atoms with van der Waals surface area (Å²) < 4.78 is 0. The number of hydrogen-bond acceptors (Lipinski definition) is 4. The van der Waals surface area contributed by atoms with E-state index in [-0.39, 0.29) is 0 Å². The summed E-state index contributed by atoms with van der Waals surface area (Å²) in [5.74, 6) is 0. The molecule has 0 spiro atoms. The smallest absolute Gasteiger partial charge is 0.277 e. The Morgan fingerprint density at radius 1 is 1.40 bits per heavy atom. The lowest BCUT2D eigenvalue weighted by atomic mass is 10.5. The van der Waals surface area contributed by atoms with Crippen LogP contribution in [0.3, 0.4) is 0 Å². The highest BCUT2D eigenvalue weighted by atomic mass is 32.1. The van der Waals surface area contributed by atoms with Crippen LogP contribution in [0.1, 0.15) is 10.7 Å². The van der Waals surface area contributed by atoms with E-state index in [1.807, 2.05) is 6.92 Å². The van der Waals surface area contributed by atoms with Crippen molar-refractivity contribution in [2.24, 2.45) is 0 Å². The van der Waals surface area contributed by atoms with E-state index >= 15 is 0 Å². The summed E-state index contributed by atoms with van der Waals surface area (Å²) in [6.45, 7) is 3.66. The van der Waals surface area contributed by atoms with Crippen LogP contribution in [0.4, 0.5) is 0 Å². The topological polar surface area (TPSA) is 53.4 Å². The Morgan fingerprint density at radius 2 is 1.90 bits per heavy atom. The molecule has 0 bridgehead atoms. The number of aromatic nitrogens is 1. The second kappa shape index (κ2) is 4.30. The molecule has 0 aliphatic heterocycles. The molecule has 1 aromatic rings. The molecule has 0 atom stereocenters. The van der Waals surface area contributed by atoms with Crippen molar-refractivity contribution in [3.05, 3.63) is 10.7 Å². The molecule has 1 rings (SSSR count). The Morgan fingerprint density at radius 3 is 2.00 bits per heavy atom. The molecule has 0 saturated carbocycles. The van der Waals surface area contributed by atoms with Gasteiger partial charge in [0.25, 0.3) is 8.05 Å². The van der Waals surface area contributed by atoms with Gasteiger partial charge in [0.15, 0.2) is 5.06 Å². The fourth-order valence-corrected chi connectivity index (χ4v) is 1.18. The molecule has 0 fully saturated rings. The fourth-order valence-electron chi connectivity index (χ4n) is 0.521. The lowest BCUT2D eigenvalue weighted by Gasteiger charge is -1.77. The molecule has 0 aromatic carbocycles. The van der Waals surface area contributed by atoms with Crippen LogP contribution in [-0.2, 0) is 0 Å². The Kier molecular flexibility index (Phi) is 4.06. The molecule has 2 radical (unpaired) electrons. The third-order valence-corrected chi connectivity index (χ3v) is 1.75. The summed E-state index contributed by atoms with van der Waals surface area (Å²) in [6.07, 6.45) is 0. The van der Waals surface area contributed by atoms with Crippen LogP contribution in [0.15, 0.2) is 0 Å². The van der Waals surface area contributed by atoms with Gasteiger partial charge in [0.1, 0.15) is 0 Å². The molecule has 0 unspecified atom stereocenters. The lowest BCUT2D eigenvalue weighted by Crippen LogP contribution is -1.68. The SMILES string of the molecule is Cc1nc(C)c(O)s1.[B]O. The minimum absolute atomic E-state index is 0.336. The zero-order valence-corrected chi connectivity index (χ0v) is 6.64. The van der Waals surface area contributed by atoms with Crippen molar-refractivity contribution in [1.82, 2.24) is 4.98 Å². The van der Waals surface area contributed by atoms with E-state index in [4.69, 9.17) is 10.1 Å². The largest absolute Gasteiger partial charge is 0.498 e. The number of aryl methyl sites for hydroxylation is 2. The summed E-state index contributed by atoms with van der Waals surface area (Å²) >= 11 is 1.31. The van der Waals surface area contributed by atoms with Crippen molar-refractivity contribution in [1.29, 1.82) is 0 Å². The van der Waals surface area contributed by atoms with Crippen LogP contribution in [0.2, 0.25) is 0 Å². The van der Waals surface area contributed by atoms with Crippen molar-refractivity contribution in [3.8, 4) is 5.06 Å². The van der Waals surface area contributed by atoms with Crippen molar-refractivity contribution in [2.75, 3.05) is 0 Å². The lowest BCUT2D eigenvalue weighted by molar-refractivity contribution is 0.485. The van der Waals surface area contributed by atoms with E-state index in [1.54, 1.807) is 6.92 Å². The summed E-state index contributed by atoms with van der Waals surface area (Å²) in [5.41, 5.74) is 0.729. The Balaban J connectivity index is 0.000000371. The molecule has 0 saturated heterocycles. The maximum absolute atomic E-state index is 8.90. The normalized spacial score (nSPS) is 8.30. The first kappa shape index (κ1) is 9.45. The Hall–Kier alpha value is -0.545. The first-order valence-corrected chi connectivity index (χ1v) is 3.40. The molecule has 10 heavy (non-hydrogen) atoms. The molecule has 2 N–H and O–H groups in total. The fraction of sp³-hybridized carbons (Fsp3) is 0.400. The van der Waals surface area contributed by atoms with Gasteiger partial charge in [0.2, 0.25) is 0 Å². The molecule has 0 amide bonds. The van der Waals surface area contributed by atoms with Gasteiger partial charge in [-0.2, -0.15) is 0 Å². The molecule has 0 aliphatic carbocycles. The predicted molar refractivity (Wildman–Crippen MR) is 41.2 cm³/mol. The van der Waals surface area contributed by atoms with Gasteiger partial charge in [-0.3, -0.25) is 0 Å². The van der Waals surface area contributed by atoms with Gasteiger partial charge in [-0.15, -0.1) is 0 Å². The highest BCUT2D eigenvalue weighted by Gasteiger charge is 1.98. The highest BCUT2D eigenvalue weighted by Crippen LogP contribution is 2.23. The van der Waals surface area contributed by atoms with Gasteiger partial charge in [-0.1, -0.05) is 11.3 Å². The first-order valence-electron chi connectivity index (χ1n) is 2.59. The van der Waals surface area contributed by atoms with Gasteiger partial charge in [-0.05, 0) is 13.8 Å². The first-order chi connectivity index (χ1) is 4.70. The maximum atomic E-state index is 8.90. The standard InChI is InChI=1S/C5H7NOS.BHO/c1-3-5(7)8-4(2)6-3;1-2/h7H,1-2H3;2H. The van der Waals surface area contributed by atoms with Crippen molar-refractivity contribution in [3.63, 3.8) is 0 Å². The molecule has 3 nitrogen and oxygen atoms in total. The minimum Gasteiger partial charge on any atom is -0.498 e. The van der Waals surface area contributed by atoms with E-state index in [0.717, 1.165) is 10.7 Å². The summed E-state index contributed by atoms with van der Waals surface area (Å²) in [7, 11) is 3.50. The molecule has 5 heteroatoms. The third kappa shape index (κ3) is 2.37. The van der Waals surface area contributed by atoms with Gasteiger partial charge < -0.3 is 10.1 Å². The summed E-state index contributed by atoms with van der Waals surface area (Å²) in [4.78, 5) is 3.98. The minimum atomic E-state index is 0.336. The second-order valence-corrected chi connectivity index (χ2v) is 2.81. The maximum Gasteiger partial charge on any atom is 0.277 e. The quantitative estimate of drug-likeness (QED) is 0.540. The number of aromatic hydroxyl groups is 1. The van der Waals surface area contributed by atoms with E-state index in [2.05, 4.69) is 13.0 Å². The Bertz CT molecular complexity index is 182. The summed E-state index contributed by atoms with van der Waals surface area (Å²) in [6, 6.07) is 0. The number of hydrogen-bond donors (Lipinski definition) is 2. The monoisotopic (exact) mass is 157 g/mol. The number of nitrogens with zero attached hydrogens (tertiary/aromatic N) is 1. The van der Waals surface area contributed by atoms with Crippen LogP contribution >= 0.6 is 11.3 Å². The van der Waals surface area contributed by atoms with Crippen LogP contribution < -0.4 is 0 Å². The molecule has 1 heterocycles. The van der Waals surface area contributed by atoms with Crippen LogP contribution in [0.5, 0.6) is 5.06 Å². The zero-order valence-electron chi connectivity index (χ0n) is 5.83. The molecule has 1 aromatic heterocycles. The molecule has 54 valence electrons. The Labute approximate surface area is 64.8 Å². The van der Waals surface area contributed by atoms with E-state index in [9.17, 15) is 0 Å². The molecule has 0 aliphatic rings. The highest BCUT2D eigenvalue weighted by molar-refractivity contribution is 7.13. The summed E-state index contributed by atoms with van der Waals surface area (Å²) in [5, 5.41) is 16.6. The average molecular weight is 157 g/mol. The van der Waals surface area contributed by atoms with E-state index < -0.39 is 0 Å². The third-order valence-electron chi connectivity index (χ3n) is 0.879. The molecular formula is C5H8BNO2S. The van der Waals surface area contributed by atoms with Crippen molar-refractivity contribution in [2.45, 2.75) is 13.8 Å². The van der Waals surface area contributed by atoms with Crippen LogP contribution in [-0.4, -0.2) is 23.2 Å². The van der Waals surface area contributed by atoms with Crippen molar-refractivity contribution >= 4 is 19.4 Å². The van der Waals surface area contributed by atoms with Gasteiger partial charge in [0.05, 0.1) is 10.7 Å². The van der Waals surface area contributed by atoms with Crippen LogP contribution in [0.25, 0.3) is 0 Å². The van der Waals surface area contributed by atoms with Crippen molar-refractivity contribution < 1.29 is 10.1 Å². The van der Waals surface area contributed by atoms with Gasteiger partial charge >= 0.3 is 0 Å². The molecular weight excluding hydrogens is 149 g/mol. The van der Waals surface area contributed by atoms with E-state index in [1.165, 1.54) is 11.3 Å². The number of rotatable bonds is 0. The number of thiazole rings is 1. The average Bonchev–Trinajstić information content (AvgIpc) is 2.16. The van der Waals surface area contributed by atoms with Gasteiger partial charge in [0, 0.05) is 0 Å². The van der Waals surface area contributed by atoms with Crippen LogP contribution in [0, 0.1) is 13.8 Å². The van der Waals surface area contributed by atoms with Gasteiger partial charge in [-0.25, -0.2) is 4.98 Å². The second-order valence-electron chi connectivity index (χ2n) is 1.62. The predicted octanol–water partition coefficient (Wildman–Crippen LogP) is 0.528. The zero-order chi connectivity index (χ0) is 8.15.